The lowest BCUT2D eigenvalue weighted by Crippen LogP contribution is -2.22. The predicted molar refractivity (Wildman–Crippen MR) is 118 cm³/mol. The maximum Gasteiger partial charge on any atom is 0.230 e. The Morgan fingerprint density at radius 1 is 1.34 bits per heavy atom. The third-order valence-electron chi connectivity index (χ3n) is 4.32. The summed E-state index contributed by atoms with van der Waals surface area (Å²) in [6.07, 6.45) is 2.50. The van der Waals surface area contributed by atoms with Crippen molar-refractivity contribution >= 4 is 56.3 Å². The first-order valence-electron chi connectivity index (χ1n) is 9.31. The van der Waals surface area contributed by atoms with Crippen molar-refractivity contribution < 1.29 is 9.53 Å². The molecule has 1 amide bonds. The average Bonchev–Trinajstić information content (AvgIpc) is 3.48. The summed E-state index contributed by atoms with van der Waals surface area (Å²) in [7, 11) is 0. The highest BCUT2D eigenvalue weighted by atomic mass is 32.2. The topological polar surface area (TPSA) is 80.2 Å². The minimum absolute atomic E-state index is 0.0594. The number of carbonyl (C=O) groups excluding carboxylic acids is 1. The van der Waals surface area contributed by atoms with Crippen molar-refractivity contribution in [2.24, 2.45) is 0 Å². The van der Waals surface area contributed by atoms with Crippen LogP contribution in [0.5, 0.6) is 0 Å². The fourth-order valence-electron chi connectivity index (χ4n) is 2.95. The maximum absolute atomic E-state index is 12.1. The van der Waals surface area contributed by atoms with Crippen LogP contribution < -0.4 is 10.2 Å². The first kappa shape index (κ1) is 20.3. The molecule has 1 aliphatic rings. The van der Waals surface area contributed by atoms with Crippen LogP contribution >= 0.6 is 34.4 Å². The van der Waals surface area contributed by atoms with Gasteiger partial charge in [0.2, 0.25) is 11.0 Å². The van der Waals surface area contributed by atoms with Crippen LogP contribution in [-0.2, 0) is 15.3 Å². The second-order valence-corrected chi connectivity index (χ2v) is 9.53. The van der Waals surface area contributed by atoms with E-state index in [-0.39, 0.29) is 12.0 Å². The number of ether oxygens (including phenoxy) is 1. The highest BCUT2D eigenvalue weighted by Crippen LogP contribution is 2.32. The van der Waals surface area contributed by atoms with E-state index in [0.717, 1.165) is 46.8 Å². The van der Waals surface area contributed by atoms with E-state index in [9.17, 15) is 4.79 Å². The Hall–Kier alpha value is -2.01. The third kappa shape index (κ3) is 5.33. The molecule has 0 spiro atoms. The summed E-state index contributed by atoms with van der Waals surface area (Å²) in [6, 6.07) is 9.57. The van der Waals surface area contributed by atoms with Gasteiger partial charge in [0.1, 0.15) is 0 Å². The molecule has 7 nitrogen and oxygen atoms in total. The van der Waals surface area contributed by atoms with Crippen molar-refractivity contribution in [1.82, 2.24) is 15.2 Å². The lowest BCUT2D eigenvalue weighted by Gasteiger charge is -2.17. The number of carbonyl (C=O) groups is 1. The molecule has 152 valence electrons. The maximum atomic E-state index is 12.1. The van der Waals surface area contributed by atoms with Crippen LogP contribution in [0.3, 0.4) is 0 Å². The minimum Gasteiger partial charge on any atom is -0.376 e. The van der Waals surface area contributed by atoms with Gasteiger partial charge < -0.3 is 10.1 Å². The van der Waals surface area contributed by atoms with Gasteiger partial charge in [0.25, 0.3) is 0 Å². The Morgan fingerprint density at radius 2 is 2.21 bits per heavy atom. The van der Waals surface area contributed by atoms with Crippen LogP contribution in [0.4, 0.5) is 16.0 Å². The molecule has 1 aliphatic heterocycles. The number of thioether (sulfide) groups is 1. The number of benzene rings is 1. The van der Waals surface area contributed by atoms with Gasteiger partial charge in [0, 0.05) is 31.2 Å². The lowest BCUT2D eigenvalue weighted by atomic mass is 10.2. The molecule has 0 aliphatic carbocycles. The molecule has 10 heteroatoms. The zero-order valence-corrected chi connectivity index (χ0v) is 18.4. The van der Waals surface area contributed by atoms with Crippen molar-refractivity contribution in [1.29, 1.82) is 0 Å². The highest BCUT2D eigenvalue weighted by molar-refractivity contribution is 8.00. The lowest BCUT2D eigenvalue weighted by molar-refractivity contribution is -0.115. The van der Waals surface area contributed by atoms with Crippen LogP contribution in [0, 0.1) is 0 Å². The van der Waals surface area contributed by atoms with Gasteiger partial charge in [-0.2, -0.15) is 0 Å². The summed E-state index contributed by atoms with van der Waals surface area (Å²) in [5.41, 5.74) is 1.74. The SMILES string of the molecule is CC(=O)N(c1ccccc1)c1nc(CSc2nnc(NC[C@@H]3CCCO3)s2)cs1. The van der Waals surface area contributed by atoms with E-state index in [0.29, 0.717) is 10.9 Å². The van der Waals surface area contributed by atoms with Gasteiger partial charge >= 0.3 is 0 Å². The van der Waals surface area contributed by atoms with E-state index in [2.05, 4.69) is 20.5 Å². The van der Waals surface area contributed by atoms with Crippen molar-refractivity contribution in [3.8, 4) is 0 Å². The minimum atomic E-state index is -0.0594. The first-order valence-corrected chi connectivity index (χ1v) is 12.0. The molecule has 0 unspecified atom stereocenters. The van der Waals surface area contributed by atoms with E-state index in [1.54, 1.807) is 23.6 Å². The fourth-order valence-corrected chi connectivity index (χ4v) is 5.59. The standard InChI is InChI=1S/C19H21N5O2S3/c1-13(25)24(15-6-3-2-4-7-15)18-21-14(11-27-18)12-28-19-23-22-17(29-19)20-10-16-8-5-9-26-16/h2-4,6-7,11,16H,5,8-10,12H2,1H3,(H,20,22)/t16-/m0/s1. The summed E-state index contributed by atoms with van der Waals surface area (Å²) >= 11 is 4.60. The van der Waals surface area contributed by atoms with E-state index in [1.165, 1.54) is 22.7 Å². The molecule has 0 bridgehead atoms. The molecule has 0 radical (unpaired) electrons. The summed E-state index contributed by atoms with van der Waals surface area (Å²) in [6.45, 7) is 3.18. The molecule has 29 heavy (non-hydrogen) atoms. The Morgan fingerprint density at radius 3 is 2.97 bits per heavy atom. The van der Waals surface area contributed by atoms with Gasteiger partial charge in [-0.1, -0.05) is 41.3 Å². The van der Waals surface area contributed by atoms with E-state index < -0.39 is 0 Å². The number of hydrogen-bond acceptors (Lipinski definition) is 9. The number of para-hydroxylation sites is 1. The van der Waals surface area contributed by atoms with Crippen LogP contribution in [-0.4, -0.2) is 40.3 Å². The number of hydrogen-bond donors (Lipinski definition) is 1. The molecule has 1 aromatic carbocycles. The Balaban J connectivity index is 1.34. The van der Waals surface area contributed by atoms with Gasteiger partial charge in [-0.15, -0.1) is 21.5 Å². The van der Waals surface area contributed by atoms with Crippen LogP contribution in [0.15, 0.2) is 40.1 Å². The summed E-state index contributed by atoms with van der Waals surface area (Å²) in [5.74, 6) is 0.619. The molecule has 1 N–H and O–H groups in total. The fraction of sp³-hybridized carbons (Fsp3) is 0.368. The smallest absolute Gasteiger partial charge is 0.230 e. The van der Waals surface area contributed by atoms with E-state index >= 15 is 0 Å². The van der Waals surface area contributed by atoms with Gasteiger partial charge in [-0.25, -0.2) is 4.98 Å². The number of anilines is 3. The van der Waals surface area contributed by atoms with Crippen molar-refractivity contribution in [3.05, 3.63) is 41.4 Å². The monoisotopic (exact) mass is 447 g/mol. The van der Waals surface area contributed by atoms with Crippen molar-refractivity contribution in [2.45, 2.75) is 36.0 Å². The largest absolute Gasteiger partial charge is 0.376 e. The molecule has 1 saturated heterocycles. The third-order valence-corrected chi connectivity index (χ3v) is 7.24. The summed E-state index contributed by atoms with van der Waals surface area (Å²) in [5, 5.41) is 15.2. The average molecular weight is 448 g/mol. The number of nitrogens with one attached hydrogen (secondary N) is 1. The first-order chi connectivity index (χ1) is 14.2. The molecular formula is C19H21N5O2S3. The quantitative estimate of drug-likeness (QED) is 0.507. The molecule has 3 aromatic rings. The number of nitrogens with zero attached hydrogens (tertiary/aromatic N) is 4. The van der Waals surface area contributed by atoms with Crippen LogP contribution in [0.2, 0.25) is 0 Å². The van der Waals surface area contributed by atoms with Crippen molar-refractivity contribution in [2.75, 3.05) is 23.4 Å². The molecule has 3 heterocycles. The van der Waals surface area contributed by atoms with Crippen molar-refractivity contribution in [3.63, 3.8) is 0 Å². The Kier molecular flexibility index (Phi) is 6.75. The molecule has 2 aromatic heterocycles. The summed E-state index contributed by atoms with van der Waals surface area (Å²) in [4.78, 5) is 18.4. The molecule has 1 atom stereocenters. The Bertz CT molecular complexity index is 940. The highest BCUT2D eigenvalue weighted by Gasteiger charge is 2.18. The predicted octanol–water partition coefficient (Wildman–Crippen LogP) is 4.56. The van der Waals surface area contributed by atoms with Gasteiger partial charge in [-0.3, -0.25) is 9.69 Å². The van der Waals surface area contributed by atoms with Crippen LogP contribution in [0.1, 0.15) is 25.5 Å². The second kappa shape index (κ2) is 9.66. The number of rotatable bonds is 8. The zero-order chi connectivity index (χ0) is 20.1. The van der Waals surface area contributed by atoms with E-state index in [4.69, 9.17) is 4.74 Å². The van der Waals surface area contributed by atoms with Gasteiger partial charge in [-0.05, 0) is 25.0 Å². The van der Waals surface area contributed by atoms with Gasteiger partial charge in [0.05, 0.1) is 17.5 Å². The Labute approximate surface area is 181 Å². The number of thiazole rings is 1. The molecule has 4 rings (SSSR count). The van der Waals surface area contributed by atoms with Gasteiger partial charge in [0.15, 0.2) is 9.47 Å². The van der Waals surface area contributed by atoms with Crippen LogP contribution in [0.25, 0.3) is 0 Å². The normalized spacial score (nSPS) is 16.1. The summed E-state index contributed by atoms with van der Waals surface area (Å²) < 4.78 is 6.50. The molecule has 0 saturated carbocycles. The van der Waals surface area contributed by atoms with E-state index in [1.807, 2.05) is 35.7 Å². The zero-order valence-electron chi connectivity index (χ0n) is 15.9. The molecular weight excluding hydrogens is 426 g/mol. The number of amides is 1. The second-order valence-electron chi connectivity index (χ2n) is 6.49. The molecule has 1 fully saturated rings. The number of aromatic nitrogens is 3.